The molecule has 0 aliphatic carbocycles. The van der Waals surface area contributed by atoms with Crippen molar-refractivity contribution in [1.82, 2.24) is 4.90 Å². The smallest absolute Gasteiger partial charge is 0.306 e. The minimum absolute atomic E-state index is 0.165. The predicted molar refractivity (Wildman–Crippen MR) is 49.6 cm³/mol. The Bertz CT molecular complexity index is 180. The maximum absolute atomic E-state index is 10.5. The Hall–Kier alpha value is -0.900. The number of aliphatic carboxylic acids is 1. The van der Waals surface area contributed by atoms with Crippen LogP contribution < -0.4 is 0 Å². The highest BCUT2D eigenvalue weighted by Crippen LogP contribution is 2.09. The van der Waals surface area contributed by atoms with Gasteiger partial charge in [0.25, 0.3) is 0 Å². The number of carboxylic acid groups (broad SMARTS) is 1. The predicted octanol–water partition coefficient (Wildman–Crippen LogP) is 0.616. The van der Waals surface area contributed by atoms with Crippen LogP contribution in [-0.2, 0) is 9.59 Å². The molecule has 13 heavy (non-hydrogen) atoms. The summed E-state index contributed by atoms with van der Waals surface area (Å²) < 4.78 is 0. The van der Waals surface area contributed by atoms with Gasteiger partial charge < -0.3 is 14.8 Å². The SMILES string of the molecule is CC(CCC(C=O)N(C)C)C(=O)O. The summed E-state index contributed by atoms with van der Waals surface area (Å²) >= 11 is 0. The first kappa shape index (κ1) is 12.1. The third kappa shape index (κ3) is 4.62. The van der Waals surface area contributed by atoms with E-state index in [1.807, 2.05) is 14.1 Å². The monoisotopic (exact) mass is 187 g/mol. The normalized spacial score (nSPS) is 15.4. The van der Waals surface area contributed by atoms with E-state index >= 15 is 0 Å². The quantitative estimate of drug-likeness (QED) is 0.619. The van der Waals surface area contributed by atoms with Gasteiger partial charge in [-0.3, -0.25) is 4.79 Å². The molecule has 1 N–H and O–H groups in total. The van der Waals surface area contributed by atoms with Crippen molar-refractivity contribution in [3.05, 3.63) is 0 Å². The molecule has 0 saturated heterocycles. The van der Waals surface area contributed by atoms with E-state index in [0.717, 1.165) is 6.29 Å². The van der Waals surface area contributed by atoms with Crippen LogP contribution in [0.1, 0.15) is 19.8 Å². The van der Waals surface area contributed by atoms with Crippen molar-refractivity contribution in [2.24, 2.45) is 5.92 Å². The third-order valence-electron chi connectivity index (χ3n) is 2.14. The summed E-state index contributed by atoms with van der Waals surface area (Å²) in [6, 6.07) is -0.165. The van der Waals surface area contributed by atoms with Crippen LogP contribution in [-0.4, -0.2) is 42.4 Å². The molecule has 0 aliphatic rings. The first-order valence-electron chi connectivity index (χ1n) is 4.33. The Morgan fingerprint density at radius 2 is 2.00 bits per heavy atom. The molecule has 0 aliphatic heterocycles. The van der Waals surface area contributed by atoms with Gasteiger partial charge >= 0.3 is 5.97 Å². The second kappa shape index (κ2) is 5.70. The summed E-state index contributed by atoms with van der Waals surface area (Å²) in [5, 5.41) is 8.60. The van der Waals surface area contributed by atoms with Crippen molar-refractivity contribution >= 4 is 12.3 Å². The molecule has 0 amide bonds. The zero-order valence-corrected chi connectivity index (χ0v) is 8.36. The summed E-state index contributed by atoms with van der Waals surface area (Å²) in [7, 11) is 3.62. The lowest BCUT2D eigenvalue weighted by Gasteiger charge is -2.18. The highest BCUT2D eigenvalue weighted by Gasteiger charge is 2.15. The van der Waals surface area contributed by atoms with Crippen molar-refractivity contribution < 1.29 is 14.7 Å². The minimum Gasteiger partial charge on any atom is -0.481 e. The van der Waals surface area contributed by atoms with Gasteiger partial charge in [0, 0.05) is 0 Å². The molecule has 4 nitrogen and oxygen atoms in total. The van der Waals surface area contributed by atoms with Crippen molar-refractivity contribution in [1.29, 1.82) is 0 Å². The van der Waals surface area contributed by atoms with Crippen LogP contribution >= 0.6 is 0 Å². The van der Waals surface area contributed by atoms with Gasteiger partial charge in [-0.25, -0.2) is 0 Å². The number of aldehydes is 1. The Morgan fingerprint density at radius 1 is 1.46 bits per heavy atom. The van der Waals surface area contributed by atoms with E-state index in [0.29, 0.717) is 12.8 Å². The molecule has 4 heteroatoms. The Balaban J connectivity index is 3.85. The van der Waals surface area contributed by atoms with E-state index in [2.05, 4.69) is 0 Å². The van der Waals surface area contributed by atoms with Crippen molar-refractivity contribution in [3.63, 3.8) is 0 Å². The molecule has 0 aromatic heterocycles. The largest absolute Gasteiger partial charge is 0.481 e. The van der Waals surface area contributed by atoms with Gasteiger partial charge in [0.05, 0.1) is 12.0 Å². The number of nitrogens with zero attached hydrogens (tertiary/aromatic N) is 1. The highest BCUT2D eigenvalue weighted by atomic mass is 16.4. The molecule has 0 heterocycles. The van der Waals surface area contributed by atoms with Crippen LogP contribution in [0.3, 0.4) is 0 Å². The highest BCUT2D eigenvalue weighted by molar-refractivity contribution is 5.69. The topological polar surface area (TPSA) is 57.6 Å². The van der Waals surface area contributed by atoms with E-state index in [9.17, 15) is 9.59 Å². The van der Waals surface area contributed by atoms with Gasteiger partial charge in [-0.2, -0.15) is 0 Å². The first-order valence-corrected chi connectivity index (χ1v) is 4.33. The van der Waals surface area contributed by atoms with Crippen molar-refractivity contribution in [2.45, 2.75) is 25.8 Å². The Kier molecular flexibility index (Phi) is 5.30. The lowest BCUT2D eigenvalue weighted by Crippen LogP contribution is -2.30. The number of carboxylic acids is 1. The molecule has 0 fully saturated rings. The second-order valence-corrected chi connectivity index (χ2v) is 3.48. The van der Waals surface area contributed by atoms with Crippen LogP contribution in [0.5, 0.6) is 0 Å². The fourth-order valence-corrected chi connectivity index (χ4v) is 0.992. The third-order valence-corrected chi connectivity index (χ3v) is 2.14. The molecule has 0 rings (SSSR count). The Morgan fingerprint density at radius 3 is 2.31 bits per heavy atom. The molecule has 0 bridgehead atoms. The molecule has 0 spiro atoms. The van der Waals surface area contributed by atoms with E-state index in [1.165, 1.54) is 0 Å². The summed E-state index contributed by atoms with van der Waals surface area (Å²) in [6.45, 7) is 1.65. The number of rotatable bonds is 6. The number of carbonyl (C=O) groups is 2. The van der Waals surface area contributed by atoms with Gasteiger partial charge in [-0.05, 0) is 26.9 Å². The van der Waals surface area contributed by atoms with Gasteiger partial charge in [0.1, 0.15) is 6.29 Å². The summed E-state index contributed by atoms with van der Waals surface area (Å²) in [5.74, 6) is -1.18. The molecule has 0 aromatic rings. The lowest BCUT2D eigenvalue weighted by atomic mass is 10.0. The van der Waals surface area contributed by atoms with E-state index in [4.69, 9.17) is 5.11 Å². The molecule has 2 atom stereocenters. The number of hydrogen-bond donors (Lipinski definition) is 1. The zero-order valence-electron chi connectivity index (χ0n) is 8.36. The van der Waals surface area contributed by atoms with Crippen molar-refractivity contribution in [2.75, 3.05) is 14.1 Å². The lowest BCUT2D eigenvalue weighted by molar-refractivity contribution is -0.141. The van der Waals surface area contributed by atoms with Gasteiger partial charge in [0.15, 0.2) is 0 Å². The molecule has 0 radical (unpaired) electrons. The van der Waals surface area contributed by atoms with E-state index < -0.39 is 5.97 Å². The van der Waals surface area contributed by atoms with Gasteiger partial charge in [-0.15, -0.1) is 0 Å². The number of carbonyl (C=O) groups excluding carboxylic acids is 1. The zero-order chi connectivity index (χ0) is 10.4. The van der Waals surface area contributed by atoms with E-state index in [1.54, 1.807) is 11.8 Å². The second-order valence-electron chi connectivity index (χ2n) is 3.48. The minimum atomic E-state index is -0.802. The van der Waals surface area contributed by atoms with Crippen LogP contribution in [0.25, 0.3) is 0 Å². The first-order chi connectivity index (χ1) is 5.99. The van der Waals surface area contributed by atoms with Crippen LogP contribution in [0.4, 0.5) is 0 Å². The summed E-state index contributed by atoms with van der Waals surface area (Å²) in [5.41, 5.74) is 0. The number of likely N-dealkylation sites (N-methyl/N-ethyl adjacent to an activating group) is 1. The summed E-state index contributed by atoms with van der Waals surface area (Å²) in [4.78, 5) is 22.8. The maximum atomic E-state index is 10.5. The fraction of sp³-hybridized carbons (Fsp3) is 0.778. The fourth-order valence-electron chi connectivity index (χ4n) is 0.992. The summed E-state index contributed by atoms with van der Waals surface area (Å²) in [6.07, 6.45) is 2.00. The maximum Gasteiger partial charge on any atom is 0.306 e. The Labute approximate surface area is 78.5 Å². The number of hydrogen-bond acceptors (Lipinski definition) is 3. The van der Waals surface area contributed by atoms with Crippen LogP contribution in [0.2, 0.25) is 0 Å². The average molecular weight is 187 g/mol. The van der Waals surface area contributed by atoms with Crippen LogP contribution in [0, 0.1) is 5.92 Å². The van der Waals surface area contributed by atoms with Crippen LogP contribution in [0.15, 0.2) is 0 Å². The standard InChI is InChI=1S/C9H17NO3/c1-7(9(12)13)4-5-8(6-11)10(2)3/h6-8H,4-5H2,1-3H3,(H,12,13). The molecule has 0 saturated carbocycles. The molecule has 0 aromatic carbocycles. The molecular formula is C9H17NO3. The molecular weight excluding hydrogens is 170 g/mol. The molecule has 76 valence electrons. The van der Waals surface area contributed by atoms with Gasteiger partial charge in [0.2, 0.25) is 0 Å². The van der Waals surface area contributed by atoms with Crippen molar-refractivity contribution in [3.8, 4) is 0 Å². The molecule has 2 unspecified atom stereocenters. The van der Waals surface area contributed by atoms with Gasteiger partial charge in [-0.1, -0.05) is 6.92 Å². The average Bonchev–Trinajstić information content (AvgIpc) is 2.04. The van der Waals surface area contributed by atoms with E-state index in [-0.39, 0.29) is 12.0 Å².